The van der Waals surface area contributed by atoms with E-state index in [0.717, 1.165) is 11.3 Å². The van der Waals surface area contributed by atoms with Crippen molar-refractivity contribution in [1.82, 2.24) is 4.57 Å². The van der Waals surface area contributed by atoms with Crippen molar-refractivity contribution in [2.45, 2.75) is 40.0 Å². The van der Waals surface area contributed by atoms with Crippen LogP contribution in [0.15, 0.2) is 65.7 Å². The number of benzene rings is 2. The summed E-state index contributed by atoms with van der Waals surface area (Å²) in [4.78, 5) is 4.67. The molecule has 3 aromatic rings. The monoisotopic (exact) mass is 366 g/mol. The van der Waals surface area contributed by atoms with Gasteiger partial charge >= 0.3 is 0 Å². The summed E-state index contributed by atoms with van der Waals surface area (Å²) in [7, 11) is 0. The van der Waals surface area contributed by atoms with E-state index in [1.54, 1.807) is 0 Å². The fraction of sp³-hybridized carbons (Fsp3) is 0.261. The van der Waals surface area contributed by atoms with Gasteiger partial charge in [0.1, 0.15) is 0 Å². The first-order chi connectivity index (χ1) is 11.9. The van der Waals surface area contributed by atoms with Crippen LogP contribution < -0.4 is 0 Å². The van der Waals surface area contributed by atoms with Crippen LogP contribution in [0.5, 0.6) is 0 Å². The third-order valence-electron chi connectivity index (χ3n) is 4.57. The molecule has 0 bridgehead atoms. The summed E-state index contributed by atoms with van der Waals surface area (Å²) in [5.74, 6) is 0. The topological polar surface area (TPSA) is 17.3 Å². The third-order valence-corrected chi connectivity index (χ3v) is 4.57. The quantitative estimate of drug-likeness (QED) is 0.467. The van der Waals surface area contributed by atoms with Crippen LogP contribution in [-0.4, -0.2) is 10.8 Å². The minimum Gasteiger partial charge on any atom is -0.318 e. The van der Waals surface area contributed by atoms with E-state index in [0.29, 0.717) is 0 Å². The molecule has 3 rings (SSSR count). The number of hydrogen-bond donors (Lipinski definition) is 0. The largest absolute Gasteiger partial charge is 0.318 e. The number of hydrogen-bond acceptors (Lipinski definition) is 1. The van der Waals surface area contributed by atoms with Gasteiger partial charge in [-0.25, -0.2) is 0 Å². The molecule has 0 aliphatic carbocycles. The van der Waals surface area contributed by atoms with Gasteiger partial charge < -0.3 is 4.57 Å². The van der Waals surface area contributed by atoms with Gasteiger partial charge in [-0.15, -0.1) is 12.4 Å². The maximum atomic E-state index is 4.67. The highest BCUT2D eigenvalue weighted by Crippen LogP contribution is 2.25. The van der Waals surface area contributed by atoms with Gasteiger partial charge in [0.25, 0.3) is 0 Å². The predicted molar refractivity (Wildman–Crippen MR) is 115 cm³/mol. The van der Waals surface area contributed by atoms with E-state index in [9.17, 15) is 0 Å². The number of aromatic nitrogens is 1. The molecule has 0 fully saturated rings. The molecule has 0 atom stereocenters. The molecule has 0 unspecified atom stereocenters. The van der Waals surface area contributed by atoms with Crippen molar-refractivity contribution >= 4 is 24.3 Å². The molecule has 0 aliphatic rings. The second kappa shape index (κ2) is 7.92. The lowest BCUT2D eigenvalue weighted by atomic mass is 9.87. The van der Waals surface area contributed by atoms with Gasteiger partial charge in [-0.1, -0.05) is 51.1 Å². The maximum absolute atomic E-state index is 4.67. The van der Waals surface area contributed by atoms with Gasteiger partial charge in [-0.2, -0.15) is 0 Å². The van der Waals surface area contributed by atoms with Crippen LogP contribution in [0.3, 0.4) is 0 Å². The standard InChI is InChI=1S/C23H26N2.ClH/c1-17-15-19(18(2)25(17)22-9-7-6-8-10-22)16-24-21-13-11-20(12-14-21)23(3,4)5;/h6-16H,1-5H3;1H. The zero-order valence-electron chi connectivity index (χ0n) is 16.2. The average molecular weight is 367 g/mol. The SMILES string of the molecule is Cc1cc(C=Nc2ccc(C(C)(C)C)cc2)c(C)n1-c1ccccc1.Cl. The lowest BCUT2D eigenvalue weighted by Crippen LogP contribution is -2.10. The number of halogens is 1. The Morgan fingerprint density at radius 3 is 2.08 bits per heavy atom. The number of rotatable bonds is 3. The van der Waals surface area contributed by atoms with Crippen molar-refractivity contribution in [2.24, 2.45) is 4.99 Å². The summed E-state index contributed by atoms with van der Waals surface area (Å²) < 4.78 is 2.27. The highest BCUT2D eigenvalue weighted by molar-refractivity contribution is 5.85. The van der Waals surface area contributed by atoms with Crippen LogP contribution in [0, 0.1) is 13.8 Å². The molecular formula is C23H27ClN2. The number of aliphatic imine (C=N–C) groups is 1. The molecule has 0 saturated heterocycles. The Kier molecular flexibility index (Phi) is 6.09. The molecule has 0 amide bonds. The summed E-state index contributed by atoms with van der Waals surface area (Å²) in [5, 5.41) is 0. The van der Waals surface area contributed by atoms with E-state index in [2.05, 4.69) is 98.8 Å². The first-order valence-electron chi connectivity index (χ1n) is 8.75. The summed E-state index contributed by atoms with van der Waals surface area (Å²) in [5.41, 5.74) is 7.24. The number of para-hydroxylation sites is 1. The van der Waals surface area contributed by atoms with E-state index >= 15 is 0 Å². The maximum Gasteiger partial charge on any atom is 0.0630 e. The molecular weight excluding hydrogens is 340 g/mol. The van der Waals surface area contributed by atoms with Gasteiger partial charge in [0.05, 0.1) is 5.69 Å². The van der Waals surface area contributed by atoms with E-state index < -0.39 is 0 Å². The van der Waals surface area contributed by atoms with Crippen molar-refractivity contribution in [1.29, 1.82) is 0 Å². The number of nitrogens with zero attached hydrogens (tertiary/aromatic N) is 2. The molecule has 1 heterocycles. The van der Waals surface area contributed by atoms with Crippen molar-refractivity contribution in [3.05, 3.63) is 83.2 Å². The van der Waals surface area contributed by atoms with Crippen molar-refractivity contribution in [3.63, 3.8) is 0 Å². The van der Waals surface area contributed by atoms with E-state index in [1.165, 1.54) is 22.6 Å². The predicted octanol–water partition coefficient (Wildman–Crippen LogP) is 6.56. The number of aryl methyl sites for hydroxylation is 1. The normalized spacial score (nSPS) is 11.6. The Balaban J connectivity index is 0.00000243. The Morgan fingerprint density at radius 2 is 1.50 bits per heavy atom. The van der Waals surface area contributed by atoms with Gasteiger partial charge in [0, 0.05) is 28.9 Å². The van der Waals surface area contributed by atoms with Crippen LogP contribution in [0.1, 0.15) is 43.3 Å². The molecule has 0 spiro atoms. The van der Waals surface area contributed by atoms with Crippen LogP contribution in [0.4, 0.5) is 5.69 Å². The minimum atomic E-state index is 0. The van der Waals surface area contributed by atoms with E-state index in [4.69, 9.17) is 0 Å². The summed E-state index contributed by atoms with van der Waals surface area (Å²) in [6.45, 7) is 11.0. The van der Waals surface area contributed by atoms with Gasteiger partial charge in [-0.3, -0.25) is 4.99 Å². The van der Waals surface area contributed by atoms with Gasteiger partial charge in [0.2, 0.25) is 0 Å². The molecule has 0 N–H and O–H groups in total. The first-order valence-corrected chi connectivity index (χ1v) is 8.75. The van der Waals surface area contributed by atoms with Gasteiger partial charge in [0.15, 0.2) is 0 Å². The molecule has 2 aromatic carbocycles. The molecule has 1 aromatic heterocycles. The van der Waals surface area contributed by atoms with Crippen LogP contribution in [0.25, 0.3) is 5.69 Å². The lowest BCUT2D eigenvalue weighted by molar-refractivity contribution is 0.590. The molecule has 3 heteroatoms. The zero-order valence-corrected chi connectivity index (χ0v) is 17.0. The second-order valence-electron chi connectivity index (χ2n) is 7.55. The van der Waals surface area contributed by atoms with E-state index in [1.807, 2.05) is 12.3 Å². The van der Waals surface area contributed by atoms with Crippen LogP contribution in [0.2, 0.25) is 0 Å². The average Bonchev–Trinajstić information content (AvgIpc) is 2.87. The molecule has 0 aliphatic heterocycles. The smallest absolute Gasteiger partial charge is 0.0630 e. The van der Waals surface area contributed by atoms with Gasteiger partial charge in [-0.05, 0) is 55.2 Å². The highest BCUT2D eigenvalue weighted by atomic mass is 35.5. The molecule has 0 radical (unpaired) electrons. The lowest BCUT2D eigenvalue weighted by Gasteiger charge is -2.18. The van der Waals surface area contributed by atoms with Crippen LogP contribution >= 0.6 is 12.4 Å². The molecule has 2 nitrogen and oxygen atoms in total. The summed E-state index contributed by atoms with van der Waals surface area (Å²) in [6, 6.07) is 21.1. The fourth-order valence-electron chi connectivity index (χ4n) is 3.08. The van der Waals surface area contributed by atoms with Crippen molar-refractivity contribution in [2.75, 3.05) is 0 Å². The third kappa shape index (κ3) is 4.25. The highest BCUT2D eigenvalue weighted by Gasteiger charge is 2.13. The Morgan fingerprint density at radius 1 is 0.885 bits per heavy atom. The summed E-state index contributed by atoms with van der Waals surface area (Å²) >= 11 is 0. The Hall–Kier alpha value is -2.32. The Labute approximate surface area is 163 Å². The van der Waals surface area contributed by atoms with Crippen molar-refractivity contribution in [3.8, 4) is 5.69 Å². The molecule has 26 heavy (non-hydrogen) atoms. The Bertz CT molecular complexity index is 882. The first kappa shape index (κ1) is 20.0. The minimum absolute atomic E-state index is 0. The second-order valence-corrected chi connectivity index (χ2v) is 7.55. The van der Waals surface area contributed by atoms with Crippen molar-refractivity contribution < 1.29 is 0 Å². The summed E-state index contributed by atoms with van der Waals surface area (Å²) in [6.07, 6.45) is 1.97. The van der Waals surface area contributed by atoms with Crippen LogP contribution in [-0.2, 0) is 5.41 Å². The van der Waals surface area contributed by atoms with E-state index in [-0.39, 0.29) is 17.8 Å². The fourth-order valence-corrected chi connectivity index (χ4v) is 3.08. The molecule has 0 saturated carbocycles. The molecule has 136 valence electrons. The zero-order chi connectivity index (χ0) is 18.0.